The van der Waals surface area contributed by atoms with Crippen molar-refractivity contribution in [3.63, 3.8) is 0 Å². The molecule has 1 aromatic carbocycles. The van der Waals surface area contributed by atoms with Crippen molar-refractivity contribution in [2.75, 3.05) is 6.61 Å². The molecule has 23 heavy (non-hydrogen) atoms. The molecule has 1 amide bonds. The zero-order chi connectivity index (χ0) is 16.6. The molecule has 0 bridgehead atoms. The third-order valence-electron chi connectivity index (χ3n) is 4.42. The van der Waals surface area contributed by atoms with Crippen molar-refractivity contribution in [1.82, 2.24) is 15.1 Å². The van der Waals surface area contributed by atoms with Crippen molar-refractivity contribution in [3.05, 3.63) is 52.6 Å². The molecule has 3 rings (SSSR count). The summed E-state index contributed by atoms with van der Waals surface area (Å²) in [6.45, 7) is 4.30. The van der Waals surface area contributed by atoms with Crippen molar-refractivity contribution in [3.8, 4) is 0 Å². The normalized spacial score (nSPS) is 20.7. The van der Waals surface area contributed by atoms with Gasteiger partial charge in [-0.3, -0.25) is 9.48 Å². The molecule has 2 aromatic rings. The summed E-state index contributed by atoms with van der Waals surface area (Å²) in [7, 11) is 1.88. The largest absolute Gasteiger partial charge is 0.371 e. The van der Waals surface area contributed by atoms with Gasteiger partial charge in [0.1, 0.15) is 11.9 Å². The van der Waals surface area contributed by atoms with Crippen LogP contribution >= 0.6 is 0 Å². The van der Waals surface area contributed by atoms with Gasteiger partial charge in [0, 0.05) is 30.5 Å². The van der Waals surface area contributed by atoms with Crippen LogP contribution in [0.25, 0.3) is 0 Å². The van der Waals surface area contributed by atoms with Crippen molar-refractivity contribution in [2.45, 2.75) is 32.4 Å². The molecule has 1 fully saturated rings. The Kier molecular flexibility index (Phi) is 4.17. The highest BCUT2D eigenvalue weighted by Crippen LogP contribution is 2.31. The average molecular weight is 317 g/mol. The molecule has 2 atom stereocenters. The lowest BCUT2D eigenvalue weighted by Crippen LogP contribution is -2.37. The fourth-order valence-electron chi connectivity index (χ4n) is 2.97. The fourth-order valence-corrected chi connectivity index (χ4v) is 2.97. The van der Waals surface area contributed by atoms with E-state index in [4.69, 9.17) is 4.74 Å². The molecule has 1 aromatic heterocycles. The Morgan fingerprint density at radius 3 is 2.87 bits per heavy atom. The number of aromatic nitrogens is 2. The molecule has 1 N–H and O–H groups in total. The van der Waals surface area contributed by atoms with Gasteiger partial charge in [0.05, 0.1) is 12.2 Å². The summed E-state index contributed by atoms with van der Waals surface area (Å²) in [5.41, 5.74) is 3.12. The van der Waals surface area contributed by atoms with Crippen molar-refractivity contribution < 1.29 is 13.9 Å². The minimum absolute atomic E-state index is 0.116. The Hall–Kier alpha value is -2.21. The molecule has 0 saturated carbocycles. The van der Waals surface area contributed by atoms with E-state index < -0.39 is 0 Å². The molecule has 1 aliphatic heterocycles. The van der Waals surface area contributed by atoms with Crippen LogP contribution < -0.4 is 5.32 Å². The molecule has 0 unspecified atom stereocenters. The summed E-state index contributed by atoms with van der Waals surface area (Å²) in [5.74, 6) is -0.545. The molecule has 122 valence electrons. The number of halogens is 1. The number of ether oxygens (including phenoxy) is 1. The van der Waals surface area contributed by atoms with Crippen LogP contribution in [0.5, 0.6) is 0 Å². The van der Waals surface area contributed by atoms with Crippen LogP contribution in [0.2, 0.25) is 0 Å². The summed E-state index contributed by atoms with van der Waals surface area (Å²) in [6, 6.07) is 4.06. The predicted molar refractivity (Wildman–Crippen MR) is 83.6 cm³/mol. The van der Waals surface area contributed by atoms with Crippen molar-refractivity contribution in [2.24, 2.45) is 7.05 Å². The van der Waals surface area contributed by atoms with Gasteiger partial charge in [0.25, 0.3) is 5.91 Å². The maximum Gasteiger partial charge on any atom is 0.251 e. The molecule has 1 saturated heterocycles. The second kappa shape index (κ2) is 6.12. The predicted octanol–water partition coefficient (Wildman–Crippen LogP) is 2.44. The quantitative estimate of drug-likeness (QED) is 0.946. The van der Waals surface area contributed by atoms with Crippen LogP contribution in [0.3, 0.4) is 0 Å². The smallest absolute Gasteiger partial charge is 0.251 e. The van der Waals surface area contributed by atoms with Crippen molar-refractivity contribution in [1.29, 1.82) is 0 Å². The number of amides is 1. The Balaban J connectivity index is 1.78. The Morgan fingerprint density at radius 2 is 2.22 bits per heavy atom. The van der Waals surface area contributed by atoms with E-state index in [0.29, 0.717) is 17.7 Å². The minimum Gasteiger partial charge on any atom is -0.371 e. The third-order valence-corrected chi connectivity index (χ3v) is 4.42. The van der Waals surface area contributed by atoms with Gasteiger partial charge in [0.15, 0.2) is 0 Å². The molecule has 6 heteroatoms. The van der Waals surface area contributed by atoms with Crippen LogP contribution in [0.4, 0.5) is 4.39 Å². The molecular formula is C17H20FN3O2. The molecule has 0 radical (unpaired) electrons. The Labute approximate surface area is 134 Å². The van der Waals surface area contributed by atoms with Crippen LogP contribution in [-0.4, -0.2) is 28.3 Å². The zero-order valence-corrected chi connectivity index (χ0v) is 13.5. The van der Waals surface area contributed by atoms with Gasteiger partial charge in [-0.1, -0.05) is 0 Å². The highest BCUT2D eigenvalue weighted by atomic mass is 19.1. The van der Waals surface area contributed by atoms with Crippen LogP contribution in [0.1, 0.15) is 39.7 Å². The SMILES string of the molecule is Cc1cc(F)ccc1C(=O)N[C@H]1CCO[C@@H]1c1cnn(C)c1C. The molecule has 0 spiro atoms. The number of hydrogen-bond acceptors (Lipinski definition) is 3. The topological polar surface area (TPSA) is 56.1 Å². The first-order chi connectivity index (χ1) is 11.0. The molecule has 1 aliphatic rings. The number of rotatable bonds is 3. The fraction of sp³-hybridized carbons (Fsp3) is 0.412. The third kappa shape index (κ3) is 2.99. The molecule has 2 heterocycles. The number of hydrogen-bond donors (Lipinski definition) is 1. The standard InChI is InChI=1S/C17H20FN3O2/c1-10-8-12(18)4-5-13(10)17(22)20-15-6-7-23-16(15)14-9-19-21(3)11(14)2/h4-5,8-9,15-16H,6-7H2,1-3H3,(H,20,22)/t15-,16+/m0/s1. The van der Waals surface area contributed by atoms with Gasteiger partial charge in [-0.2, -0.15) is 5.10 Å². The van der Waals surface area contributed by atoms with E-state index >= 15 is 0 Å². The maximum absolute atomic E-state index is 13.2. The van der Waals surface area contributed by atoms with Crippen LogP contribution in [-0.2, 0) is 11.8 Å². The maximum atomic E-state index is 13.2. The van der Waals surface area contributed by atoms with E-state index in [1.807, 2.05) is 14.0 Å². The van der Waals surface area contributed by atoms with Crippen molar-refractivity contribution >= 4 is 5.91 Å². The van der Waals surface area contributed by atoms with E-state index in [2.05, 4.69) is 10.4 Å². The molecular weight excluding hydrogens is 297 g/mol. The number of aryl methyl sites for hydroxylation is 2. The molecule has 5 nitrogen and oxygen atoms in total. The van der Waals surface area contributed by atoms with Gasteiger partial charge in [-0.25, -0.2) is 4.39 Å². The van der Waals surface area contributed by atoms with Gasteiger partial charge in [0.2, 0.25) is 0 Å². The lowest BCUT2D eigenvalue weighted by atomic mass is 10.0. The second-order valence-corrected chi connectivity index (χ2v) is 5.93. The highest BCUT2D eigenvalue weighted by Gasteiger charge is 2.33. The second-order valence-electron chi connectivity index (χ2n) is 5.93. The zero-order valence-electron chi connectivity index (χ0n) is 13.5. The Bertz CT molecular complexity index is 741. The van der Waals surface area contributed by atoms with Gasteiger partial charge < -0.3 is 10.1 Å². The summed E-state index contributed by atoms with van der Waals surface area (Å²) in [6.07, 6.45) is 2.33. The van der Waals surface area contributed by atoms with Gasteiger partial charge in [-0.05, 0) is 44.0 Å². The first-order valence-electron chi connectivity index (χ1n) is 7.64. The van der Waals surface area contributed by atoms with E-state index in [0.717, 1.165) is 17.7 Å². The monoisotopic (exact) mass is 317 g/mol. The number of nitrogens with zero attached hydrogens (tertiary/aromatic N) is 2. The van der Waals surface area contributed by atoms with Gasteiger partial charge in [-0.15, -0.1) is 0 Å². The number of carbonyl (C=O) groups is 1. The Morgan fingerprint density at radius 1 is 1.43 bits per heavy atom. The highest BCUT2D eigenvalue weighted by molar-refractivity contribution is 5.95. The summed E-state index contributed by atoms with van der Waals surface area (Å²) in [5, 5.41) is 7.26. The number of carbonyl (C=O) groups excluding carboxylic acids is 1. The minimum atomic E-state index is -0.341. The van der Waals surface area contributed by atoms with Crippen LogP contribution in [0, 0.1) is 19.7 Å². The molecule has 0 aliphatic carbocycles. The van der Waals surface area contributed by atoms with E-state index in [1.54, 1.807) is 17.8 Å². The first kappa shape index (κ1) is 15.7. The van der Waals surface area contributed by atoms with E-state index in [-0.39, 0.29) is 23.9 Å². The number of nitrogens with one attached hydrogen (secondary N) is 1. The van der Waals surface area contributed by atoms with Crippen LogP contribution in [0.15, 0.2) is 24.4 Å². The summed E-state index contributed by atoms with van der Waals surface area (Å²) in [4.78, 5) is 12.5. The summed E-state index contributed by atoms with van der Waals surface area (Å²) >= 11 is 0. The lowest BCUT2D eigenvalue weighted by molar-refractivity contribution is 0.0818. The first-order valence-corrected chi connectivity index (χ1v) is 7.64. The van der Waals surface area contributed by atoms with Gasteiger partial charge >= 0.3 is 0 Å². The van der Waals surface area contributed by atoms with E-state index in [1.165, 1.54) is 18.2 Å². The van der Waals surface area contributed by atoms with E-state index in [9.17, 15) is 9.18 Å². The number of benzene rings is 1. The average Bonchev–Trinajstić information content (AvgIpc) is 3.07. The summed E-state index contributed by atoms with van der Waals surface area (Å²) < 4.78 is 20.8. The lowest BCUT2D eigenvalue weighted by Gasteiger charge is -2.20.